The molecule has 0 aliphatic carbocycles. The van der Waals surface area contributed by atoms with Gasteiger partial charge in [-0.05, 0) is 19.2 Å². The Morgan fingerprint density at radius 3 is 2.33 bits per heavy atom. The average molecular weight is 282 g/mol. The van der Waals surface area contributed by atoms with Crippen LogP contribution in [-0.2, 0) is 6.18 Å². The lowest BCUT2D eigenvalue weighted by Gasteiger charge is -2.34. The molecule has 1 aromatic rings. The monoisotopic (exact) mass is 281 g/mol. The highest BCUT2D eigenvalue weighted by Gasteiger charge is 2.35. The summed E-state index contributed by atoms with van der Waals surface area (Å²) in [4.78, 5) is 7.67. The molecule has 1 aliphatic rings. The van der Waals surface area contributed by atoms with Crippen LogP contribution in [0.5, 0.6) is 0 Å². The molecule has 7 heteroatoms. The van der Waals surface area contributed by atoms with E-state index in [1.807, 2.05) is 7.05 Å². The third kappa shape index (κ3) is 3.26. The van der Waals surface area contributed by atoms with Gasteiger partial charge < -0.3 is 9.80 Å². The summed E-state index contributed by atoms with van der Waals surface area (Å²) in [5.74, 6) is 0.0492. The topological polar surface area (TPSA) is 19.4 Å². The number of alkyl halides is 3. The van der Waals surface area contributed by atoms with Gasteiger partial charge >= 0.3 is 6.18 Å². The second-order valence-corrected chi connectivity index (χ2v) is 4.16. The zero-order valence-corrected chi connectivity index (χ0v) is 10.8. The number of hydrogen-bond donors (Lipinski definition) is 0. The predicted octanol–water partition coefficient (Wildman–Crippen LogP) is 2.27. The molecule has 0 saturated carbocycles. The standard InChI is InChI=1S/C11H14F3N3.ClH/c1-16-5-7-17(8-6-16)10-9(11(12,13)14)3-2-4-15-10;/h2-4H,5-8H2,1H3;1H. The molecule has 1 aromatic heterocycles. The molecule has 0 unspecified atom stereocenters. The van der Waals surface area contributed by atoms with E-state index in [0.717, 1.165) is 19.2 Å². The molecule has 0 amide bonds. The van der Waals surface area contributed by atoms with Gasteiger partial charge in [0.15, 0.2) is 0 Å². The van der Waals surface area contributed by atoms with Gasteiger partial charge in [0, 0.05) is 32.4 Å². The van der Waals surface area contributed by atoms with Crippen LogP contribution >= 0.6 is 12.4 Å². The van der Waals surface area contributed by atoms with Crippen molar-refractivity contribution in [1.82, 2.24) is 9.88 Å². The van der Waals surface area contributed by atoms with Gasteiger partial charge in [-0.3, -0.25) is 0 Å². The van der Waals surface area contributed by atoms with Gasteiger partial charge in [0.05, 0.1) is 5.56 Å². The third-order valence-corrected chi connectivity index (χ3v) is 2.89. The first-order valence-electron chi connectivity index (χ1n) is 5.44. The Kier molecular flexibility index (Phi) is 4.81. The van der Waals surface area contributed by atoms with Crippen LogP contribution in [0, 0.1) is 0 Å². The summed E-state index contributed by atoms with van der Waals surface area (Å²) in [5.41, 5.74) is -0.649. The van der Waals surface area contributed by atoms with Gasteiger partial charge in [-0.25, -0.2) is 4.98 Å². The second-order valence-electron chi connectivity index (χ2n) is 4.16. The molecule has 0 atom stereocenters. The quantitative estimate of drug-likeness (QED) is 0.787. The molecular weight excluding hydrogens is 267 g/mol. The summed E-state index contributed by atoms with van der Waals surface area (Å²) in [6.07, 6.45) is -2.93. The van der Waals surface area contributed by atoms with Gasteiger partial charge in [0.1, 0.15) is 5.82 Å². The number of hydrogen-bond acceptors (Lipinski definition) is 3. The molecule has 0 bridgehead atoms. The fourth-order valence-corrected chi connectivity index (χ4v) is 1.89. The Morgan fingerprint density at radius 2 is 1.78 bits per heavy atom. The Labute approximate surface area is 110 Å². The average Bonchev–Trinajstić information content (AvgIpc) is 2.29. The molecule has 0 radical (unpaired) electrons. The summed E-state index contributed by atoms with van der Waals surface area (Å²) >= 11 is 0. The molecule has 102 valence electrons. The van der Waals surface area contributed by atoms with Crippen molar-refractivity contribution in [3.8, 4) is 0 Å². The number of pyridine rings is 1. The SMILES string of the molecule is CN1CCN(c2ncccc2C(F)(F)F)CC1.Cl. The molecule has 1 fully saturated rings. The maximum atomic E-state index is 12.8. The van der Waals surface area contributed by atoms with Crippen molar-refractivity contribution in [3.05, 3.63) is 23.9 Å². The minimum atomic E-state index is -4.34. The Bertz CT molecular complexity index is 389. The van der Waals surface area contributed by atoms with E-state index < -0.39 is 11.7 Å². The van der Waals surface area contributed by atoms with Crippen molar-refractivity contribution in [2.45, 2.75) is 6.18 Å². The first-order chi connectivity index (χ1) is 7.98. The molecule has 1 saturated heterocycles. The Hall–Kier alpha value is -1.01. The van der Waals surface area contributed by atoms with Crippen LogP contribution in [0.15, 0.2) is 18.3 Å². The predicted molar refractivity (Wildman–Crippen MR) is 66.2 cm³/mol. The molecule has 1 aliphatic heterocycles. The van der Waals surface area contributed by atoms with Gasteiger partial charge in [-0.1, -0.05) is 0 Å². The molecule has 18 heavy (non-hydrogen) atoms. The molecular formula is C11H15ClF3N3. The molecule has 2 heterocycles. The van der Waals surface area contributed by atoms with E-state index in [9.17, 15) is 13.2 Å². The van der Waals surface area contributed by atoms with Crippen LogP contribution in [0.1, 0.15) is 5.56 Å². The highest BCUT2D eigenvalue weighted by Crippen LogP contribution is 2.35. The highest BCUT2D eigenvalue weighted by atomic mass is 35.5. The first kappa shape index (κ1) is 15.0. The number of likely N-dealkylation sites (N-methyl/N-ethyl adjacent to an activating group) is 1. The first-order valence-corrected chi connectivity index (χ1v) is 5.44. The number of rotatable bonds is 1. The van der Waals surface area contributed by atoms with Crippen molar-refractivity contribution in [2.75, 3.05) is 38.1 Å². The molecule has 0 N–H and O–H groups in total. The van der Waals surface area contributed by atoms with Crippen LogP contribution in [0.25, 0.3) is 0 Å². The van der Waals surface area contributed by atoms with Gasteiger partial charge in [0.2, 0.25) is 0 Å². The van der Waals surface area contributed by atoms with Crippen LogP contribution < -0.4 is 4.90 Å². The fraction of sp³-hybridized carbons (Fsp3) is 0.545. The number of piperazine rings is 1. The molecule has 3 nitrogen and oxygen atoms in total. The van der Waals surface area contributed by atoms with Gasteiger partial charge in [-0.15, -0.1) is 12.4 Å². The maximum absolute atomic E-state index is 12.8. The number of anilines is 1. The van der Waals surface area contributed by atoms with Crippen molar-refractivity contribution in [2.24, 2.45) is 0 Å². The summed E-state index contributed by atoms with van der Waals surface area (Å²) in [6, 6.07) is 2.41. The van der Waals surface area contributed by atoms with E-state index in [4.69, 9.17) is 0 Å². The van der Waals surface area contributed by atoms with E-state index >= 15 is 0 Å². The lowest BCUT2D eigenvalue weighted by atomic mass is 10.2. The van der Waals surface area contributed by atoms with E-state index in [1.54, 1.807) is 4.90 Å². The van der Waals surface area contributed by atoms with E-state index in [1.165, 1.54) is 12.3 Å². The molecule has 0 aromatic carbocycles. The van der Waals surface area contributed by atoms with Gasteiger partial charge in [0.25, 0.3) is 0 Å². The largest absolute Gasteiger partial charge is 0.419 e. The van der Waals surface area contributed by atoms with Crippen LogP contribution in [0.4, 0.5) is 19.0 Å². The van der Waals surface area contributed by atoms with Crippen LogP contribution in [-0.4, -0.2) is 43.1 Å². The number of aromatic nitrogens is 1. The summed E-state index contributed by atoms with van der Waals surface area (Å²) in [6.45, 7) is 2.68. The third-order valence-electron chi connectivity index (χ3n) is 2.89. The minimum absolute atomic E-state index is 0. The van der Waals surface area contributed by atoms with E-state index in [0.29, 0.717) is 13.1 Å². The summed E-state index contributed by atoms with van der Waals surface area (Å²) in [5, 5.41) is 0. The van der Waals surface area contributed by atoms with Crippen LogP contribution in [0.3, 0.4) is 0 Å². The second kappa shape index (κ2) is 5.75. The van der Waals surface area contributed by atoms with Gasteiger partial charge in [-0.2, -0.15) is 13.2 Å². The summed E-state index contributed by atoms with van der Waals surface area (Å²) < 4.78 is 38.4. The number of halogens is 4. The lowest BCUT2D eigenvalue weighted by molar-refractivity contribution is -0.137. The highest BCUT2D eigenvalue weighted by molar-refractivity contribution is 5.85. The van der Waals surface area contributed by atoms with E-state index in [2.05, 4.69) is 9.88 Å². The van der Waals surface area contributed by atoms with Crippen molar-refractivity contribution < 1.29 is 13.2 Å². The van der Waals surface area contributed by atoms with E-state index in [-0.39, 0.29) is 18.2 Å². The maximum Gasteiger partial charge on any atom is 0.419 e. The minimum Gasteiger partial charge on any atom is -0.354 e. The Morgan fingerprint density at radius 1 is 1.17 bits per heavy atom. The van der Waals surface area contributed by atoms with Crippen LogP contribution in [0.2, 0.25) is 0 Å². The Balaban J connectivity index is 0.00000162. The zero-order valence-electron chi connectivity index (χ0n) is 9.94. The van der Waals surface area contributed by atoms with Crippen molar-refractivity contribution in [3.63, 3.8) is 0 Å². The smallest absolute Gasteiger partial charge is 0.354 e. The fourth-order valence-electron chi connectivity index (χ4n) is 1.89. The summed E-state index contributed by atoms with van der Waals surface area (Å²) in [7, 11) is 1.96. The normalized spacial score (nSPS) is 17.4. The van der Waals surface area contributed by atoms with Crippen molar-refractivity contribution in [1.29, 1.82) is 0 Å². The number of nitrogens with zero attached hydrogens (tertiary/aromatic N) is 3. The lowest BCUT2D eigenvalue weighted by Crippen LogP contribution is -2.45. The van der Waals surface area contributed by atoms with Crippen molar-refractivity contribution >= 4 is 18.2 Å². The zero-order chi connectivity index (χ0) is 12.5. The molecule has 0 spiro atoms. The molecule has 2 rings (SSSR count).